The molecule has 0 bridgehead atoms. The molecule has 76 valence electrons. The van der Waals surface area contributed by atoms with Crippen LogP contribution in [0.4, 0.5) is 0 Å². The molecule has 1 aromatic carbocycles. The van der Waals surface area contributed by atoms with Gasteiger partial charge in [0.1, 0.15) is 0 Å². The van der Waals surface area contributed by atoms with Gasteiger partial charge in [0.25, 0.3) is 0 Å². The molecule has 2 atom stereocenters. The number of rotatable bonds is 3. The van der Waals surface area contributed by atoms with Gasteiger partial charge in [-0.3, -0.25) is 0 Å². The van der Waals surface area contributed by atoms with E-state index < -0.39 is 0 Å². The summed E-state index contributed by atoms with van der Waals surface area (Å²) in [6.45, 7) is 0.834. The Bertz CT molecular complexity index is 316. The molecular weight excluding hydrogens is 242 g/mol. The summed E-state index contributed by atoms with van der Waals surface area (Å²) in [5, 5.41) is 12.7. The second-order valence-electron chi connectivity index (χ2n) is 3.76. The van der Waals surface area contributed by atoms with Gasteiger partial charge in [-0.15, -0.1) is 0 Å². The van der Waals surface area contributed by atoms with Gasteiger partial charge in [-0.25, -0.2) is 0 Å². The molecular formula is C11H14BrNO. The number of benzene rings is 1. The van der Waals surface area contributed by atoms with Crippen molar-refractivity contribution in [3.8, 4) is 0 Å². The first kappa shape index (κ1) is 10.1. The molecule has 0 unspecified atom stereocenters. The van der Waals surface area contributed by atoms with Crippen LogP contribution in [-0.2, 0) is 6.54 Å². The Labute approximate surface area is 92.5 Å². The summed E-state index contributed by atoms with van der Waals surface area (Å²) in [7, 11) is 0. The number of aliphatic hydroxyl groups excluding tert-OH is 1. The molecule has 2 nitrogen and oxygen atoms in total. The molecule has 0 heterocycles. The third-order valence-electron chi connectivity index (χ3n) is 2.70. The van der Waals surface area contributed by atoms with Gasteiger partial charge in [0.05, 0.1) is 6.10 Å². The Kier molecular flexibility index (Phi) is 3.21. The maximum absolute atomic E-state index is 9.37. The quantitative estimate of drug-likeness (QED) is 0.867. The van der Waals surface area contributed by atoms with Crippen molar-refractivity contribution in [2.24, 2.45) is 0 Å². The summed E-state index contributed by atoms with van der Waals surface area (Å²) in [6.07, 6.45) is 1.90. The second-order valence-corrected chi connectivity index (χ2v) is 4.68. The number of nitrogens with one attached hydrogen (secondary N) is 1. The third-order valence-corrected chi connectivity index (χ3v) is 3.19. The normalized spacial score (nSPS) is 25.9. The minimum Gasteiger partial charge on any atom is -0.392 e. The first-order valence-corrected chi connectivity index (χ1v) is 5.71. The fourth-order valence-corrected chi connectivity index (χ4v) is 2.06. The molecule has 1 aliphatic carbocycles. The Morgan fingerprint density at radius 3 is 2.86 bits per heavy atom. The van der Waals surface area contributed by atoms with Crippen molar-refractivity contribution in [1.82, 2.24) is 5.32 Å². The summed E-state index contributed by atoms with van der Waals surface area (Å²) in [6, 6.07) is 8.52. The Hall–Kier alpha value is -0.380. The highest BCUT2D eigenvalue weighted by Crippen LogP contribution is 2.20. The van der Waals surface area contributed by atoms with Crippen LogP contribution in [0.5, 0.6) is 0 Å². The second kappa shape index (κ2) is 4.43. The molecule has 0 radical (unpaired) electrons. The predicted molar refractivity (Wildman–Crippen MR) is 60.0 cm³/mol. The van der Waals surface area contributed by atoms with E-state index in [9.17, 15) is 5.11 Å². The monoisotopic (exact) mass is 255 g/mol. The van der Waals surface area contributed by atoms with E-state index in [0.717, 1.165) is 23.9 Å². The Morgan fingerprint density at radius 2 is 2.29 bits per heavy atom. The van der Waals surface area contributed by atoms with Gasteiger partial charge in [0.2, 0.25) is 0 Å². The number of aliphatic hydroxyl groups is 1. The molecule has 14 heavy (non-hydrogen) atoms. The summed E-state index contributed by atoms with van der Waals surface area (Å²) < 4.78 is 1.10. The smallest absolute Gasteiger partial charge is 0.0693 e. The highest BCUT2D eigenvalue weighted by molar-refractivity contribution is 9.10. The maximum Gasteiger partial charge on any atom is 0.0693 e. The minimum absolute atomic E-state index is 0.137. The zero-order valence-corrected chi connectivity index (χ0v) is 9.50. The number of halogens is 1. The van der Waals surface area contributed by atoms with E-state index in [0.29, 0.717) is 6.04 Å². The molecule has 1 aliphatic rings. The topological polar surface area (TPSA) is 32.3 Å². The Balaban J connectivity index is 1.85. The van der Waals surface area contributed by atoms with Gasteiger partial charge < -0.3 is 10.4 Å². The average molecular weight is 256 g/mol. The zero-order valence-electron chi connectivity index (χ0n) is 7.91. The summed E-state index contributed by atoms with van der Waals surface area (Å²) in [5.41, 5.74) is 1.25. The lowest BCUT2D eigenvalue weighted by Crippen LogP contribution is -2.47. The molecule has 2 N–H and O–H groups in total. The van der Waals surface area contributed by atoms with E-state index in [1.807, 2.05) is 12.1 Å². The fraction of sp³-hybridized carbons (Fsp3) is 0.455. The molecule has 1 aromatic rings. The SMILES string of the molecule is O[C@H]1CC[C@@H]1NCc1cccc(Br)c1. The van der Waals surface area contributed by atoms with Crippen molar-refractivity contribution < 1.29 is 5.11 Å². The van der Waals surface area contributed by atoms with Crippen LogP contribution in [0.1, 0.15) is 18.4 Å². The van der Waals surface area contributed by atoms with Crippen LogP contribution < -0.4 is 5.32 Å². The predicted octanol–water partition coefficient (Wildman–Crippen LogP) is 2.06. The van der Waals surface area contributed by atoms with Crippen molar-refractivity contribution in [3.63, 3.8) is 0 Å². The van der Waals surface area contributed by atoms with Crippen LogP contribution >= 0.6 is 15.9 Å². The van der Waals surface area contributed by atoms with Gasteiger partial charge >= 0.3 is 0 Å². The van der Waals surface area contributed by atoms with Crippen LogP contribution in [0, 0.1) is 0 Å². The van der Waals surface area contributed by atoms with Gasteiger partial charge in [-0.05, 0) is 30.5 Å². The summed E-state index contributed by atoms with van der Waals surface area (Å²) >= 11 is 3.43. The lowest BCUT2D eigenvalue weighted by molar-refractivity contribution is 0.0493. The van der Waals surface area contributed by atoms with Crippen molar-refractivity contribution in [2.75, 3.05) is 0 Å². The molecule has 0 amide bonds. The fourth-order valence-electron chi connectivity index (χ4n) is 1.62. The Morgan fingerprint density at radius 1 is 1.43 bits per heavy atom. The van der Waals surface area contributed by atoms with Gasteiger partial charge in [0.15, 0.2) is 0 Å². The number of hydrogen-bond donors (Lipinski definition) is 2. The van der Waals surface area contributed by atoms with E-state index >= 15 is 0 Å². The van der Waals surface area contributed by atoms with Crippen LogP contribution in [0.25, 0.3) is 0 Å². The minimum atomic E-state index is -0.137. The van der Waals surface area contributed by atoms with Crippen molar-refractivity contribution in [3.05, 3.63) is 34.3 Å². The first-order chi connectivity index (χ1) is 6.75. The standard InChI is InChI=1S/C11H14BrNO/c12-9-3-1-2-8(6-9)7-13-10-4-5-11(10)14/h1-3,6,10-11,13-14H,4-5,7H2/t10-,11-/m0/s1. The third kappa shape index (κ3) is 2.35. The highest BCUT2D eigenvalue weighted by atomic mass is 79.9. The van der Waals surface area contributed by atoms with Crippen molar-refractivity contribution in [2.45, 2.75) is 31.5 Å². The molecule has 0 aliphatic heterocycles. The van der Waals surface area contributed by atoms with Crippen LogP contribution in [0.3, 0.4) is 0 Å². The van der Waals surface area contributed by atoms with E-state index in [-0.39, 0.29) is 6.10 Å². The summed E-state index contributed by atoms with van der Waals surface area (Å²) in [5.74, 6) is 0. The van der Waals surface area contributed by atoms with Crippen molar-refractivity contribution in [1.29, 1.82) is 0 Å². The summed E-state index contributed by atoms with van der Waals surface area (Å²) in [4.78, 5) is 0. The highest BCUT2D eigenvalue weighted by Gasteiger charge is 2.27. The molecule has 0 spiro atoms. The van der Waals surface area contributed by atoms with Crippen LogP contribution in [0.15, 0.2) is 28.7 Å². The van der Waals surface area contributed by atoms with E-state index in [1.165, 1.54) is 5.56 Å². The largest absolute Gasteiger partial charge is 0.392 e. The molecule has 1 saturated carbocycles. The van der Waals surface area contributed by atoms with Crippen LogP contribution in [0.2, 0.25) is 0 Å². The van der Waals surface area contributed by atoms with Gasteiger partial charge in [0, 0.05) is 17.1 Å². The van der Waals surface area contributed by atoms with E-state index in [1.54, 1.807) is 0 Å². The first-order valence-electron chi connectivity index (χ1n) is 4.91. The lowest BCUT2D eigenvalue weighted by Gasteiger charge is -2.33. The van der Waals surface area contributed by atoms with Crippen LogP contribution in [-0.4, -0.2) is 17.3 Å². The molecule has 0 saturated heterocycles. The molecule has 0 aromatic heterocycles. The lowest BCUT2D eigenvalue weighted by atomic mass is 9.89. The van der Waals surface area contributed by atoms with E-state index in [2.05, 4.69) is 33.4 Å². The number of hydrogen-bond acceptors (Lipinski definition) is 2. The van der Waals surface area contributed by atoms with Crippen molar-refractivity contribution >= 4 is 15.9 Å². The maximum atomic E-state index is 9.37. The molecule has 1 fully saturated rings. The average Bonchev–Trinajstić information content (AvgIpc) is 2.16. The molecule has 3 heteroatoms. The molecule has 2 rings (SSSR count). The van der Waals surface area contributed by atoms with Gasteiger partial charge in [-0.1, -0.05) is 28.1 Å². The zero-order chi connectivity index (χ0) is 9.97. The van der Waals surface area contributed by atoms with Gasteiger partial charge in [-0.2, -0.15) is 0 Å². The van der Waals surface area contributed by atoms with E-state index in [4.69, 9.17) is 0 Å².